The van der Waals surface area contributed by atoms with Crippen LogP contribution in [0.4, 0.5) is 5.69 Å². The highest BCUT2D eigenvalue weighted by molar-refractivity contribution is 6.01. The molecule has 1 saturated heterocycles. The number of amides is 1. The maximum absolute atomic E-state index is 13.4. The fourth-order valence-corrected chi connectivity index (χ4v) is 4.27. The Hall–Kier alpha value is -2.95. The number of ether oxygens (including phenoxy) is 1. The fraction of sp³-hybridized carbons (Fsp3) is 0.348. The maximum atomic E-state index is 13.4. The van der Waals surface area contributed by atoms with Crippen molar-refractivity contribution in [3.63, 3.8) is 0 Å². The average molecular weight is 377 g/mol. The minimum absolute atomic E-state index is 0.134. The molecule has 1 aliphatic heterocycles. The third-order valence-electron chi connectivity index (χ3n) is 5.74. The van der Waals surface area contributed by atoms with Gasteiger partial charge in [0, 0.05) is 43.6 Å². The lowest BCUT2D eigenvalue weighted by atomic mass is 10.1. The largest absolute Gasteiger partial charge is 0.495 e. The summed E-state index contributed by atoms with van der Waals surface area (Å²) in [5.41, 5.74) is 4.14. The molecule has 1 aromatic heterocycles. The van der Waals surface area contributed by atoms with Crippen molar-refractivity contribution < 1.29 is 9.53 Å². The van der Waals surface area contributed by atoms with Gasteiger partial charge in [0.25, 0.3) is 5.91 Å². The summed E-state index contributed by atoms with van der Waals surface area (Å²) in [6.45, 7) is 7.98. The molecular weight excluding hydrogens is 350 g/mol. The van der Waals surface area contributed by atoms with Crippen LogP contribution in [0.3, 0.4) is 0 Å². The number of fused-ring (bicyclic) bond motifs is 1. The second kappa shape index (κ2) is 7.58. The molecule has 0 N–H and O–H groups in total. The van der Waals surface area contributed by atoms with Gasteiger partial charge in [-0.1, -0.05) is 30.3 Å². The second-order valence-corrected chi connectivity index (χ2v) is 7.19. The molecule has 28 heavy (non-hydrogen) atoms. The second-order valence-electron chi connectivity index (χ2n) is 7.19. The third kappa shape index (κ3) is 3.01. The molecule has 0 aliphatic carbocycles. The summed E-state index contributed by atoms with van der Waals surface area (Å²) in [7, 11) is 1.70. The van der Waals surface area contributed by atoms with E-state index in [9.17, 15) is 4.79 Å². The van der Waals surface area contributed by atoms with Crippen molar-refractivity contribution in [1.29, 1.82) is 0 Å². The molecule has 0 spiro atoms. The zero-order valence-electron chi connectivity index (χ0n) is 16.8. The van der Waals surface area contributed by atoms with Crippen molar-refractivity contribution in [3.05, 3.63) is 59.8 Å². The highest BCUT2D eigenvalue weighted by Crippen LogP contribution is 2.30. The van der Waals surface area contributed by atoms with E-state index in [4.69, 9.17) is 4.74 Å². The van der Waals surface area contributed by atoms with Crippen LogP contribution < -0.4 is 9.64 Å². The third-order valence-corrected chi connectivity index (χ3v) is 5.74. The van der Waals surface area contributed by atoms with Gasteiger partial charge in [-0.15, -0.1) is 0 Å². The number of anilines is 1. The number of aromatic nitrogens is 1. The Labute approximate surface area is 166 Å². The lowest BCUT2D eigenvalue weighted by Crippen LogP contribution is -2.49. The van der Waals surface area contributed by atoms with Gasteiger partial charge in [0.1, 0.15) is 11.4 Å². The normalized spacial score (nSPS) is 14.5. The first-order valence-electron chi connectivity index (χ1n) is 9.90. The van der Waals surface area contributed by atoms with Crippen molar-refractivity contribution in [1.82, 2.24) is 9.47 Å². The van der Waals surface area contributed by atoms with Crippen LogP contribution in [0.25, 0.3) is 10.9 Å². The Balaban J connectivity index is 1.57. The summed E-state index contributed by atoms with van der Waals surface area (Å²) in [6.07, 6.45) is 0. The summed E-state index contributed by atoms with van der Waals surface area (Å²) in [4.78, 5) is 17.7. The van der Waals surface area contributed by atoms with Gasteiger partial charge >= 0.3 is 0 Å². The van der Waals surface area contributed by atoms with Gasteiger partial charge in [0.15, 0.2) is 0 Å². The van der Waals surface area contributed by atoms with Crippen molar-refractivity contribution in [2.24, 2.45) is 0 Å². The Morgan fingerprint density at radius 2 is 1.68 bits per heavy atom. The number of nitrogens with zero attached hydrogens (tertiary/aromatic N) is 3. The molecule has 3 aromatic rings. The van der Waals surface area contributed by atoms with Crippen molar-refractivity contribution in [2.45, 2.75) is 20.4 Å². The molecule has 146 valence electrons. The fourth-order valence-electron chi connectivity index (χ4n) is 4.27. The molecule has 5 nitrogen and oxygen atoms in total. The first-order valence-corrected chi connectivity index (χ1v) is 9.90. The van der Waals surface area contributed by atoms with E-state index >= 15 is 0 Å². The first-order chi connectivity index (χ1) is 13.7. The number of hydrogen-bond acceptors (Lipinski definition) is 3. The molecule has 5 heteroatoms. The number of methoxy groups -OCH3 is 1. The summed E-state index contributed by atoms with van der Waals surface area (Å²) < 4.78 is 7.65. The molecule has 1 fully saturated rings. The van der Waals surface area contributed by atoms with Gasteiger partial charge < -0.3 is 19.1 Å². The predicted octanol–water partition coefficient (Wildman–Crippen LogP) is 3.94. The maximum Gasteiger partial charge on any atom is 0.270 e. The van der Waals surface area contributed by atoms with E-state index in [-0.39, 0.29) is 5.91 Å². The summed E-state index contributed by atoms with van der Waals surface area (Å²) in [5, 5.41) is 1.17. The number of para-hydroxylation sites is 3. The lowest BCUT2D eigenvalue weighted by Gasteiger charge is -2.36. The van der Waals surface area contributed by atoms with Gasteiger partial charge in [-0.2, -0.15) is 0 Å². The molecule has 0 radical (unpaired) electrons. The van der Waals surface area contributed by atoms with Crippen LogP contribution in [0.15, 0.2) is 48.5 Å². The summed E-state index contributed by atoms with van der Waals surface area (Å²) in [6, 6.07) is 16.3. The number of carbonyl (C=O) groups excluding carboxylic acids is 1. The summed E-state index contributed by atoms with van der Waals surface area (Å²) in [5.74, 6) is 1.01. The number of carbonyl (C=O) groups is 1. The predicted molar refractivity (Wildman–Crippen MR) is 113 cm³/mol. The van der Waals surface area contributed by atoms with E-state index in [0.717, 1.165) is 47.8 Å². The van der Waals surface area contributed by atoms with Crippen LogP contribution in [0.1, 0.15) is 23.0 Å². The topological polar surface area (TPSA) is 37.7 Å². The van der Waals surface area contributed by atoms with E-state index in [1.165, 1.54) is 5.39 Å². The van der Waals surface area contributed by atoms with Gasteiger partial charge in [0.2, 0.25) is 0 Å². The van der Waals surface area contributed by atoms with E-state index in [1.807, 2.05) is 35.2 Å². The zero-order valence-corrected chi connectivity index (χ0v) is 16.8. The van der Waals surface area contributed by atoms with E-state index in [2.05, 4.69) is 41.5 Å². The van der Waals surface area contributed by atoms with Gasteiger partial charge in [-0.05, 0) is 37.6 Å². The first kappa shape index (κ1) is 18.4. The quantitative estimate of drug-likeness (QED) is 0.691. The average Bonchev–Trinajstić information content (AvgIpc) is 3.05. The Morgan fingerprint density at radius 3 is 2.39 bits per heavy atom. The van der Waals surface area contributed by atoms with Crippen LogP contribution in [-0.4, -0.2) is 48.7 Å². The Morgan fingerprint density at radius 1 is 1.00 bits per heavy atom. The Bertz CT molecular complexity index is 1000. The minimum atomic E-state index is 0.134. The van der Waals surface area contributed by atoms with Crippen molar-refractivity contribution in [2.75, 3.05) is 38.2 Å². The Kier molecular flexibility index (Phi) is 4.99. The molecule has 1 amide bonds. The van der Waals surface area contributed by atoms with Crippen LogP contribution in [0.2, 0.25) is 0 Å². The number of piperazine rings is 1. The molecule has 1 aliphatic rings. The smallest absolute Gasteiger partial charge is 0.270 e. The molecule has 2 aromatic carbocycles. The highest BCUT2D eigenvalue weighted by Gasteiger charge is 2.27. The zero-order chi connectivity index (χ0) is 19.7. The van der Waals surface area contributed by atoms with E-state index < -0.39 is 0 Å². The van der Waals surface area contributed by atoms with Crippen LogP contribution in [0, 0.1) is 6.92 Å². The molecule has 0 bridgehead atoms. The molecule has 0 atom stereocenters. The molecule has 4 rings (SSSR count). The standard InChI is InChI=1S/C23H27N3O2/c1-4-26-19-10-6-5-9-18(19)17(2)22(26)23(27)25-15-13-24(14-16-25)20-11-7-8-12-21(20)28-3/h5-12H,4,13-16H2,1-3H3. The molecule has 0 saturated carbocycles. The van der Waals surface area contributed by atoms with Crippen LogP contribution in [-0.2, 0) is 6.54 Å². The number of aryl methyl sites for hydroxylation is 2. The molecule has 0 unspecified atom stereocenters. The number of benzene rings is 2. The van der Waals surface area contributed by atoms with Crippen molar-refractivity contribution in [3.8, 4) is 5.75 Å². The highest BCUT2D eigenvalue weighted by atomic mass is 16.5. The van der Waals surface area contributed by atoms with Gasteiger partial charge in [-0.3, -0.25) is 4.79 Å². The van der Waals surface area contributed by atoms with Gasteiger partial charge in [0.05, 0.1) is 12.8 Å². The van der Waals surface area contributed by atoms with Gasteiger partial charge in [-0.25, -0.2) is 0 Å². The molecule has 2 heterocycles. The summed E-state index contributed by atoms with van der Waals surface area (Å²) >= 11 is 0. The monoisotopic (exact) mass is 377 g/mol. The number of hydrogen-bond donors (Lipinski definition) is 0. The van der Waals surface area contributed by atoms with E-state index in [0.29, 0.717) is 13.1 Å². The minimum Gasteiger partial charge on any atom is -0.495 e. The number of rotatable bonds is 4. The van der Waals surface area contributed by atoms with E-state index in [1.54, 1.807) is 7.11 Å². The lowest BCUT2D eigenvalue weighted by molar-refractivity contribution is 0.0735. The van der Waals surface area contributed by atoms with Crippen molar-refractivity contribution >= 4 is 22.5 Å². The molecular formula is C23H27N3O2. The van der Waals surface area contributed by atoms with Crippen LogP contribution >= 0.6 is 0 Å². The SMILES string of the molecule is CCn1c(C(=O)N2CCN(c3ccccc3OC)CC2)c(C)c2ccccc21. The van der Waals surface area contributed by atoms with Crippen LogP contribution in [0.5, 0.6) is 5.75 Å².